The summed E-state index contributed by atoms with van der Waals surface area (Å²) in [6.45, 7) is 13.3. The number of hydrogen-bond donors (Lipinski definition) is 0. The molecular formula is C17H24N2. The van der Waals surface area contributed by atoms with Crippen LogP contribution in [0.2, 0.25) is 0 Å². The van der Waals surface area contributed by atoms with Crippen LogP contribution < -0.4 is 0 Å². The third-order valence-electron chi connectivity index (χ3n) is 3.20. The first-order chi connectivity index (χ1) is 8.71. The van der Waals surface area contributed by atoms with Gasteiger partial charge < -0.3 is 0 Å². The molecule has 0 aliphatic carbocycles. The number of hydrogen-bond acceptors (Lipinski definition) is 1. The van der Waals surface area contributed by atoms with Gasteiger partial charge in [-0.05, 0) is 26.3 Å². The van der Waals surface area contributed by atoms with E-state index in [0.717, 1.165) is 0 Å². The molecule has 0 saturated carbocycles. The smallest absolute Gasteiger partial charge is 0.0571 e. The SMILES string of the molecule is CC(C)(C)c1c(-c2ccccc2)cnn1C(C)(C)C. The standard InChI is InChI=1S/C17H24N2/c1-16(2,3)15-14(13-10-8-7-9-11-13)12-18-19(15)17(4,5)6/h7-12H,1-6H3. The van der Waals surface area contributed by atoms with Crippen molar-refractivity contribution < 1.29 is 0 Å². The minimum Gasteiger partial charge on any atom is -0.263 e. The van der Waals surface area contributed by atoms with Crippen LogP contribution in [-0.2, 0) is 11.0 Å². The van der Waals surface area contributed by atoms with E-state index in [-0.39, 0.29) is 11.0 Å². The fraction of sp³-hybridized carbons (Fsp3) is 0.471. The maximum atomic E-state index is 4.65. The third kappa shape index (κ3) is 2.73. The van der Waals surface area contributed by atoms with Gasteiger partial charge in [0.15, 0.2) is 0 Å². The van der Waals surface area contributed by atoms with Crippen LogP contribution in [0.4, 0.5) is 0 Å². The van der Waals surface area contributed by atoms with Gasteiger partial charge in [-0.2, -0.15) is 5.10 Å². The Morgan fingerprint density at radius 1 is 0.895 bits per heavy atom. The summed E-state index contributed by atoms with van der Waals surface area (Å²) in [7, 11) is 0. The summed E-state index contributed by atoms with van der Waals surface area (Å²) < 4.78 is 2.16. The Balaban J connectivity index is 2.68. The van der Waals surface area contributed by atoms with Crippen LogP contribution in [0.3, 0.4) is 0 Å². The zero-order chi connectivity index (χ0) is 14.3. The normalized spacial score (nSPS) is 12.7. The second kappa shape index (κ2) is 4.52. The molecule has 19 heavy (non-hydrogen) atoms. The van der Waals surface area contributed by atoms with Crippen LogP contribution in [0.5, 0.6) is 0 Å². The fourth-order valence-corrected chi connectivity index (χ4v) is 2.41. The van der Waals surface area contributed by atoms with Crippen molar-refractivity contribution in [1.82, 2.24) is 9.78 Å². The lowest BCUT2D eigenvalue weighted by molar-refractivity contribution is 0.323. The molecule has 2 aromatic rings. The van der Waals surface area contributed by atoms with Gasteiger partial charge >= 0.3 is 0 Å². The van der Waals surface area contributed by atoms with E-state index in [0.29, 0.717) is 0 Å². The monoisotopic (exact) mass is 256 g/mol. The van der Waals surface area contributed by atoms with Crippen LogP contribution in [-0.4, -0.2) is 9.78 Å². The van der Waals surface area contributed by atoms with E-state index in [1.54, 1.807) is 0 Å². The molecule has 0 spiro atoms. The first kappa shape index (κ1) is 13.9. The molecule has 0 aliphatic heterocycles. The van der Waals surface area contributed by atoms with Crippen molar-refractivity contribution in [3.63, 3.8) is 0 Å². The fourth-order valence-electron chi connectivity index (χ4n) is 2.41. The Morgan fingerprint density at radius 2 is 1.47 bits per heavy atom. The number of aromatic nitrogens is 2. The molecule has 0 radical (unpaired) electrons. The zero-order valence-electron chi connectivity index (χ0n) is 12.9. The van der Waals surface area contributed by atoms with E-state index in [4.69, 9.17) is 0 Å². The highest BCUT2D eigenvalue weighted by molar-refractivity contribution is 5.66. The van der Waals surface area contributed by atoms with Crippen molar-refractivity contribution in [2.24, 2.45) is 0 Å². The maximum Gasteiger partial charge on any atom is 0.0571 e. The van der Waals surface area contributed by atoms with E-state index >= 15 is 0 Å². The summed E-state index contributed by atoms with van der Waals surface area (Å²) in [6.07, 6.45) is 2.00. The molecule has 0 aliphatic rings. The lowest BCUT2D eigenvalue weighted by Gasteiger charge is -2.29. The largest absolute Gasteiger partial charge is 0.263 e. The summed E-state index contributed by atoms with van der Waals surface area (Å²) in [6, 6.07) is 10.5. The maximum absolute atomic E-state index is 4.65. The Labute approximate surface area is 116 Å². The van der Waals surface area contributed by atoms with Gasteiger partial charge in [0.1, 0.15) is 0 Å². The molecule has 2 nitrogen and oxygen atoms in total. The average molecular weight is 256 g/mol. The van der Waals surface area contributed by atoms with E-state index in [9.17, 15) is 0 Å². The summed E-state index contributed by atoms with van der Waals surface area (Å²) in [5, 5.41) is 4.65. The van der Waals surface area contributed by atoms with Gasteiger partial charge in [-0.1, -0.05) is 51.1 Å². The summed E-state index contributed by atoms with van der Waals surface area (Å²) >= 11 is 0. The summed E-state index contributed by atoms with van der Waals surface area (Å²) in [5.41, 5.74) is 3.84. The molecule has 0 fully saturated rings. The van der Waals surface area contributed by atoms with Gasteiger partial charge in [0.2, 0.25) is 0 Å². The van der Waals surface area contributed by atoms with Gasteiger partial charge in [0, 0.05) is 11.0 Å². The lowest BCUT2D eigenvalue weighted by Crippen LogP contribution is -2.30. The quantitative estimate of drug-likeness (QED) is 0.729. The van der Waals surface area contributed by atoms with Crippen molar-refractivity contribution in [1.29, 1.82) is 0 Å². The molecule has 0 amide bonds. The molecule has 102 valence electrons. The van der Waals surface area contributed by atoms with Gasteiger partial charge in [-0.3, -0.25) is 4.68 Å². The van der Waals surface area contributed by atoms with Crippen molar-refractivity contribution in [2.75, 3.05) is 0 Å². The first-order valence-electron chi connectivity index (χ1n) is 6.85. The Bertz CT molecular complexity index is 551. The van der Waals surface area contributed by atoms with Crippen molar-refractivity contribution in [2.45, 2.75) is 52.5 Å². The van der Waals surface area contributed by atoms with E-state index in [1.165, 1.54) is 16.8 Å². The van der Waals surface area contributed by atoms with E-state index in [1.807, 2.05) is 6.20 Å². The molecule has 1 aromatic heterocycles. The Morgan fingerprint density at radius 3 is 1.95 bits per heavy atom. The Hall–Kier alpha value is -1.57. The Kier molecular flexibility index (Phi) is 3.29. The number of benzene rings is 1. The second-order valence-electron chi connectivity index (χ2n) is 7.11. The highest BCUT2D eigenvalue weighted by Gasteiger charge is 2.29. The highest BCUT2D eigenvalue weighted by atomic mass is 15.3. The molecule has 1 aromatic carbocycles. The third-order valence-corrected chi connectivity index (χ3v) is 3.20. The average Bonchev–Trinajstić information content (AvgIpc) is 2.74. The molecule has 2 rings (SSSR count). The van der Waals surface area contributed by atoms with Crippen molar-refractivity contribution in [3.8, 4) is 11.1 Å². The molecule has 0 N–H and O–H groups in total. The van der Waals surface area contributed by atoms with Gasteiger partial charge in [0.25, 0.3) is 0 Å². The topological polar surface area (TPSA) is 17.8 Å². The molecular weight excluding hydrogens is 232 g/mol. The summed E-state index contributed by atoms with van der Waals surface area (Å²) in [5.74, 6) is 0. The molecule has 1 heterocycles. The van der Waals surface area contributed by atoms with E-state index < -0.39 is 0 Å². The van der Waals surface area contributed by atoms with Crippen molar-refractivity contribution in [3.05, 3.63) is 42.2 Å². The zero-order valence-corrected chi connectivity index (χ0v) is 12.9. The second-order valence-corrected chi connectivity index (χ2v) is 7.11. The van der Waals surface area contributed by atoms with Crippen LogP contribution in [0.25, 0.3) is 11.1 Å². The van der Waals surface area contributed by atoms with Gasteiger partial charge in [0.05, 0.1) is 17.4 Å². The van der Waals surface area contributed by atoms with Crippen molar-refractivity contribution >= 4 is 0 Å². The minimum absolute atomic E-state index is 0.00432. The molecule has 0 unspecified atom stereocenters. The van der Waals surface area contributed by atoms with Crippen LogP contribution in [0, 0.1) is 0 Å². The lowest BCUT2D eigenvalue weighted by atomic mass is 9.86. The molecule has 0 atom stereocenters. The number of rotatable bonds is 1. The number of nitrogens with zero attached hydrogens (tertiary/aromatic N) is 2. The van der Waals surface area contributed by atoms with Crippen LogP contribution >= 0.6 is 0 Å². The predicted molar refractivity (Wildman–Crippen MR) is 81.4 cm³/mol. The van der Waals surface area contributed by atoms with Crippen LogP contribution in [0.15, 0.2) is 36.5 Å². The van der Waals surface area contributed by atoms with Gasteiger partial charge in [-0.25, -0.2) is 0 Å². The predicted octanol–water partition coefficient (Wildman–Crippen LogP) is 4.60. The molecule has 0 saturated heterocycles. The molecule has 0 bridgehead atoms. The summed E-state index contributed by atoms with van der Waals surface area (Å²) in [4.78, 5) is 0. The molecule has 2 heteroatoms. The highest BCUT2D eigenvalue weighted by Crippen LogP contribution is 2.35. The van der Waals surface area contributed by atoms with Gasteiger partial charge in [-0.15, -0.1) is 0 Å². The minimum atomic E-state index is -0.00432. The first-order valence-corrected chi connectivity index (χ1v) is 6.85. The van der Waals surface area contributed by atoms with Crippen LogP contribution in [0.1, 0.15) is 47.2 Å². The van der Waals surface area contributed by atoms with E-state index in [2.05, 4.69) is 81.7 Å².